The van der Waals surface area contributed by atoms with Crippen molar-refractivity contribution in [2.45, 2.75) is 20.3 Å². The van der Waals surface area contributed by atoms with Gasteiger partial charge >= 0.3 is 11.9 Å². The lowest BCUT2D eigenvalue weighted by molar-refractivity contribution is -0.140. The number of aliphatic carboxylic acids is 1. The summed E-state index contributed by atoms with van der Waals surface area (Å²) in [5, 5.41) is 8.60. The molecule has 5 nitrogen and oxygen atoms in total. The van der Waals surface area contributed by atoms with Crippen LogP contribution in [-0.4, -0.2) is 36.9 Å². The van der Waals surface area contributed by atoms with Crippen LogP contribution in [0, 0.1) is 0 Å². The Kier molecular flexibility index (Phi) is 7.71. The van der Waals surface area contributed by atoms with E-state index in [9.17, 15) is 9.59 Å². The number of ether oxygens (including phenoxy) is 2. The van der Waals surface area contributed by atoms with Crippen LogP contribution in [0.25, 0.3) is 0 Å². The minimum Gasteiger partial charge on any atom is -0.478 e. The maximum Gasteiger partial charge on any atom is 0.333 e. The molecule has 0 aliphatic heterocycles. The van der Waals surface area contributed by atoms with Crippen molar-refractivity contribution in [2.24, 2.45) is 0 Å². The Morgan fingerprint density at radius 1 is 1.35 bits per heavy atom. The lowest BCUT2D eigenvalue weighted by Crippen LogP contribution is -2.12. The molecule has 0 unspecified atom stereocenters. The van der Waals surface area contributed by atoms with Gasteiger partial charge in [-0.25, -0.2) is 9.59 Å². The second kappa shape index (κ2) is 8.52. The number of carboxylic acid groups (broad SMARTS) is 1. The third-order valence-electron chi connectivity index (χ3n) is 1.95. The molecule has 0 saturated heterocycles. The van der Waals surface area contributed by atoms with Crippen LogP contribution in [0.5, 0.6) is 0 Å². The smallest absolute Gasteiger partial charge is 0.333 e. The van der Waals surface area contributed by atoms with Gasteiger partial charge in [0.05, 0.1) is 6.61 Å². The highest BCUT2D eigenvalue weighted by atomic mass is 16.6. The number of esters is 1. The minimum atomic E-state index is -1.01. The summed E-state index contributed by atoms with van der Waals surface area (Å²) in [7, 11) is 0. The maximum atomic E-state index is 11.3. The summed E-state index contributed by atoms with van der Waals surface area (Å²) in [6, 6.07) is 0. The quantitative estimate of drug-likeness (QED) is 0.397. The Labute approximate surface area is 101 Å². The standard InChI is InChI=1S/C12H18O5/c1-4-16-7-8-17-12(15)10(3)6-5-9(2)11(13)14/h5H,3-4,6-8H2,1-2H3,(H,13,14). The number of allylic oxidation sites excluding steroid dienone is 1. The Balaban J connectivity index is 3.94. The van der Waals surface area contributed by atoms with Crippen LogP contribution >= 0.6 is 0 Å². The lowest BCUT2D eigenvalue weighted by atomic mass is 10.1. The van der Waals surface area contributed by atoms with E-state index < -0.39 is 11.9 Å². The third kappa shape index (κ3) is 7.30. The Hall–Kier alpha value is -1.62. The summed E-state index contributed by atoms with van der Waals surface area (Å²) in [5.74, 6) is -1.54. The van der Waals surface area contributed by atoms with E-state index in [2.05, 4.69) is 6.58 Å². The third-order valence-corrected chi connectivity index (χ3v) is 1.95. The molecule has 5 heteroatoms. The predicted octanol–water partition coefficient (Wildman–Crippen LogP) is 1.54. The first-order chi connectivity index (χ1) is 7.99. The summed E-state index contributed by atoms with van der Waals surface area (Å²) in [4.78, 5) is 21.8. The highest BCUT2D eigenvalue weighted by molar-refractivity contribution is 5.89. The summed E-state index contributed by atoms with van der Waals surface area (Å²) in [5.41, 5.74) is 0.398. The summed E-state index contributed by atoms with van der Waals surface area (Å²) in [6.07, 6.45) is 1.60. The van der Waals surface area contributed by atoms with Crippen molar-refractivity contribution in [3.05, 3.63) is 23.8 Å². The van der Waals surface area contributed by atoms with Crippen molar-refractivity contribution in [2.75, 3.05) is 19.8 Å². The fraction of sp³-hybridized carbons (Fsp3) is 0.500. The molecule has 0 radical (unpaired) electrons. The molecule has 0 aliphatic rings. The number of hydrogen-bond acceptors (Lipinski definition) is 4. The molecule has 0 amide bonds. The SMILES string of the molecule is C=C(CC=C(C)C(=O)O)C(=O)OCCOCC. The zero-order valence-corrected chi connectivity index (χ0v) is 10.2. The topological polar surface area (TPSA) is 72.8 Å². The molecule has 96 valence electrons. The Morgan fingerprint density at radius 3 is 2.53 bits per heavy atom. The van der Waals surface area contributed by atoms with E-state index in [-0.39, 0.29) is 24.2 Å². The molecule has 0 fully saturated rings. The van der Waals surface area contributed by atoms with Gasteiger partial charge in [-0.05, 0) is 20.3 Å². The summed E-state index contributed by atoms with van der Waals surface area (Å²) >= 11 is 0. The molecule has 0 saturated carbocycles. The van der Waals surface area contributed by atoms with Crippen LogP contribution in [0.2, 0.25) is 0 Å². The van der Waals surface area contributed by atoms with Crippen LogP contribution in [0.15, 0.2) is 23.8 Å². The molecule has 0 aromatic heterocycles. The van der Waals surface area contributed by atoms with E-state index in [4.69, 9.17) is 14.6 Å². The van der Waals surface area contributed by atoms with Gasteiger partial charge in [-0.15, -0.1) is 0 Å². The normalized spacial score (nSPS) is 11.1. The average molecular weight is 242 g/mol. The van der Waals surface area contributed by atoms with Crippen molar-refractivity contribution < 1.29 is 24.2 Å². The number of rotatable bonds is 8. The maximum absolute atomic E-state index is 11.3. The van der Waals surface area contributed by atoms with Crippen LogP contribution in [-0.2, 0) is 19.1 Å². The van der Waals surface area contributed by atoms with Crippen molar-refractivity contribution >= 4 is 11.9 Å². The fourth-order valence-electron chi connectivity index (χ4n) is 0.887. The van der Waals surface area contributed by atoms with Crippen LogP contribution in [0.3, 0.4) is 0 Å². The number of carboxylic acids is 1. The predicted molar refractivity (Wildman–Crippen MR) is 62.6 cm³/mol. The molecular formula is C12H18O5. The fourth-order valence-corrected chi connectivity index (χ4v) is 0.887. The lowest BCUT2D eigenvalue weighted by Gasteiger charge is -2.05. The van der Waals surface area contributed by atoms with Crippen molar-refractivity contribution in [1.29, 1.82) is 0 Å². The average Bonchev–Trinajstić information content (AvgIpc) is 2.30. The van der Waals surface area contributed by atoms with Crippen molar-refractivity contribution in [3.63, 3.8) is 0 Å². The molecule has 0 aromatic rings. The number of carbonyl (C=O) groups excluding carboxylic acids is 1. The minimum absolute atomic E-state index is 0.172. The molecule has 1 N–H and O–H groups in total. The van der Waals surface area contributed by atoms with Gasteiger partial charge in [0.2, 0.25) is 0 Å². The van der Waals surface area contributed by atoms with Gasteiger partial charge in [-0.1, -0.05) is 12.7 Å². The highest BCUT2D eigenvalue weighted by Crippen LogP contribution is 2.05. The van der Waals surface area contributed by atoms with E-state index in [1.807, 2.05) is 6.92 Å². The van der Waals surface area contributed by atoms with Gasteiger partial charge in [0.15, 0.2) is 0 Å². The molecule has 0 aromatic carbocycles. The largest absolute Gasteiger partial charge is 0.478 e. The van der Waals surface area contributed by atoms with Gasteiger partial charge in [0, 0.05) is 17.8 Å². The second-order valence-electron chi connectivity index (χ2n) is 3.33. The van der Waals surface area contributed by atoms with E-state index in [0.717, 1.165) is 0 Å². The Bertz CT molecular complexity index is 317. The van der Waals surface area contributed by atoms with E-state index >= 15 is 0 Å². The molecule has 0 bridgehead atoms. The van der Waals surface area contributed by atoms with Crippen molar-refractivity contribution in [1.82, 2.24) is 0 Å². The van der Waals surface area contributed by atoms with Crippen molar-refractivity contribution in [3.8, 4) is 0 Å². The Morgan fingerprint density at radius 2 is 2.00 bits per heavy atom. The van der Waals surface area contributed by atoms with Gasteiger partial charge in [-0.2, -0.15) is 0 Å². The first-order valence-corrected chi connectivity index (χ1v) is 5.31. The number of carbonyl (C=O) groups is 2. The van der Waals surface area contributed by atoms with Gasteiger partial charge in [0.1, 0.15) is 6.61 Å². The first kappa shape index (κ1) is 15.4. The van der Waals surface area contributed by atoms with Crippen LogP contribution < -0.4 is 0 Å². The first-order valence-electron chi connectivity index (χ1n) is 5.31. The molecule has 0 aliphatic carbocycles. The van der Waals surface area contributed by atoms with E-state index in [1.165, 1.54) is 13.0 Å². The molecule has 0 spiro atoms. The van der Waals surface area contributed by atoms with E-state index in [1.54, 1.807) is 0 Å². The summed E-state index contributed by atoms with van der Waals surface area (Å²) < 4.78 is 9.86. The van der Waals surface area contributed by atoms with Crippen LogP contribution in [0.1, 0.15) is 20.3 Å². The van der Waals surface area contributed by atoms with Gasteiger partial charge < -0.3 is 14.6 Å². The van der Waals surface area contributed by atoms with Gasteiger partial charge in [-0.3, -0.25) is 0 Å². The molecule has 0 heterocycles. The zero-order chi connectivity index (χ0) is 13.3. The highest BCUT2D eigenvalue weighted by Gasteiger charge is 2.08. The number of hydrogen-bond donors (Lipinski definition) is 1. The summed E-state index contributed by atoms with van der Waals surface area (Å²) in [6.45, 7) is 7.92. The molecule has 0 rings (SSSR count). The monoisotopic (exact) mass is 242 g/mol. The molecule has 0 atom stereocenters. The van der Waals surface area contributed by atoms with Crippen LogP contribution in [0.4, 0.5) is 0 Å². The molecular weight excluding hydrogens is 224 g/mol. The molecule has 17 heavy (non-hydrogen) atoms. The zero-order valence-electron chi connectivity index (χ0n) is 10.2. The van der Waals surface area contributed by atoms with Gasteiger partial charge in [0.25, 0.3) is 0 Å². The van der Waals surface area contributed by atoms with E-state index in [0.29, 0.717) is 13.2 Å². The second-order valence-corrected chi connectivity index (χ2v) is 3.33.